The summed E-state index contributed by atoms with van der Waals surface area (Å²) in [7, 11) is 1.03. The van der Waals surface area contributed by atoms with Crippen LogP contribution in [0.25, 0.3) is 0 Å². The summed E-state index contributed by atoms with van der Waals surface area (Å²) in [5.41, 5.74) is 0. The molecule has 0 radical (unpaired) electrons. The number of nitrogens with zero attached hydrogens (tertiary/aromatic N) is 1. The van der Waals surface area contributed by atoms with Gasteiger partial charge in [-0.05, 0) is 12.8 Å². The van der Waals surface area contributed by atoms with Gasteiger partial charge in [0, 0.05) is 12.8 Å². The first-order chi connectivity index (χ1) is 18.4. The molecule has 11 heteroatoms. The molecule has 0 heterocycles. The van der Waals surface area contributed by atoms with Crippen LogP contribution in [-0.2, 0) is 32.7 Å². The molecule has 0 aliphatic rings. The van der Waals surface area contributed by atoms with Gasteiger partial charge in [0.1, 0.15) is 19.8 Å². The molecule has 2 N–H and O–H groups in total. The van der Waals surface area contributed by atoms with E-state index in [0.29, 0.717) is 23.9 Å². The molecule has 0 aromatic rings. The number of rotatable bonds is 26. The number of carbonyl (C=O) groups excluding carboxylic acids is 2. The number of hydrogen-bond donors (Lipinski definition) is 2. The molecule has 0 bridgehead atoms. The summed E-state index contributed by atoms with van der Waals surface area (Å²) in [6.45, 7) is 4.18. The molecule has 39 heavy (non-hydrogen) atoms. The minimum Gasteiger partial charge on any atom is -0.462 e. The van der Waals surface area contributed by atoms with Crippen LogP contribution in [0.4, 0.5) is 0 Å². The lowest BCUT2D eigenvalue weighted by atomic mass is 10.1. The van der Waals surface area contributed by atoms with E-state index in [4.69, 9.17) is 18.5 Å². The van der Waals surface area contributed by atoms with Crippen molar-refractivity contribution >= 4 is 19.8 Å². The molecule has 0 rings (SSSR count). The van der Waals surface area contributed by atoms with E-state index in [0.717, 1.165) is 38.5 Å². The quantitative estimate of drug-likeness (QED) is 0.0422. The highest BCUT2D eigenvalue weighted by Gasteiger charge is 2.34. The second-order valence-corrected chi connectivity index (χ2v) is 12.7. The predicted molar refractivity (Wildman–Crippen MR) is 152 cm³/mol. The molecule has 0 amide bonds. The zero-order chi connectivity index (χ0) is 29.6. The van der Waals surface area contributed by atoms with Crippen LogP contribution in [0.15, 0.2) is 0 Å². The Morgan fingerprint density at radius 1 is 0.769 bits per heavy atom. The van der Waals surface area contributed by atoms with Gasteiger partial charge < -0.3 is 24.0 Å². The molecule has 0 aliphatic heterocycles. The molecule has 0 aliphatic carbocycles. The minimum atomic E-state index is -4.64. The Kier molecular flexibility index (Phi) is 22.0. The number of esters is 2. The zero-order valence-corrected chi connectivity index (χ0v) is 26.1. The van der Waals surface area contributed by atoms with Crippen molar-refractivity contribution in [1.29, 1.82) is 0 Å². The fraction of sp³-hybridized carbons (Fsp3) is 0.929. The normalized spacial score (nSPS) is 14.9. The van der Waals surface area contributed by atoms with Crippen molar-refractivity contribution < 1.29 is 47.2 Å². The van der Waals surface area contributed by atoms with Crippen LogP contribution in [0.5, 0.6) is 0 Å². The molecular weight excluding hydrogens is 525 g/mol. The number of aliphatic hydroxyl groups is 1. The second kappa shape index (κ2) is 22.6. The Labute approximate surface area is 236 Å². The number of carbonyl (C=O) groups is 2. The summed E-state index contributed by atoms with van der Waals surface area (Å²) in [5.74, 6) is -1.09. The van der Waals surface area contributed by atoms with Gasteiger partial charge in [-0.25, -0.2) is 4.57 Å². The number of hydrogen-bond acceptors (Lipinski definition) is 8. The van der Waals surface area contributed by atoms with Crippen molar-refractivity contribution in [3.05, 3.63) is 0 Å². The minimum absolute atomic E-state index is 0.0832. The maximum absolute atomic E-state index is 12.4. The second-order valence-electron chi connectivity index (χ2n) is 11.3. The van der Waals surface area contributed by atoms with Gasteiger partial charge in [0.05, 0.1) is 21.1 Å². The van der Waals surface area contributed by atoms with E-state index in [1.807, 2.05) is 21.1 Å². The monoisotopic (exact) mass is 582 g/mol. The van der Waals surface area contributed by atoms with Crippen molar-refractivity contribution in [2.75, 3.05) is 40.9 Å². The molecule has 10 nitrogen and oxygen atoms in total. The lowest BCUT2D eigenvalue weighted by Gasteiger charge is -2.26. The summed E-state index contributed by atoms with van der Waals surface area (Å²) in [5, 5.41) is 10.5. The zero-order valence-electron chi connectivity index (χ0n) is 25.2. The fourth-order valence-corrected chi connectivity index (χ4v) is 4.55. The summed E-state index contributed by atoms with van der Waals surface area (Å²) >= 11 is 0. The Balaban J connectivity index is 4.77. The van der Waals surface area contributed by atoms with E-state index in [9.17, 15) is 24.2 Å². The van der Waals surface area contributed by atoms with Crippen LogP contribution in [0.3, 0.4) is 0 Å². The first-order valence-electron chi connectivity index (χ1n) is 14.9. The van der Waals surface area contributed by atoms with E-state index in [1.165, 1.54) is 38.5 Å². The third-order valence-corrected chi connectivity index (χ3v) is 7.23. The topological polar surface area (TPSA) is 129 Å². The molecular formula is C28H57NO9P+. The summed E-state index contributed by atoms with van der Waals surface area (Å²) in [6, 6.07) is 0. The number of phosphoric acid groups is 1. The number of phosphoric ester groups is 1. The number of aliphatic hydroxyl groups excluding tert-OH is 1. The van der Waals surface area contributed by atoms with E-state index in [-0.39, 0.29) is 19.4 Å². The molecule has 0 spiro atoms. The number of unbranched alkanes of at least 4 members (excludes halogenated alkanes) is 12. The smallest absolute Gasteiger partial charge is 0.462 e. The van der Waals surface area contributed by atoms with Gasteiger partial charge in [-0.1, -0.05) is 90.9 Å². The van der Waals surface area contributed by atoms with Crippen molar-refractivity contribution in [1.82, 2.24) is 0 Å². The van der Waals surface area contributed by atoms with E-state index in [1.54, 1.807) is 0 Å². The van der Waals surface area contributed by atoms with Gasteiger partial charge in [-0.3, -0.25) is 18.6 Å². The largest absolute Gasteiger partial charge is 0.474 e. The molecule has 0 saturated heterocycles. The van der Waals surface area contributed by atoms with Crippen LogP contribution >= 0.6 is 7.82 Å². The number of ether oxygens (including phenoxy) is 2. The lowest BCUT2D eigenvalue weighted by molar-refractivity contribution is -0.870. The summed E-state index contributed by atoms with van der Waals surface area (Å²) in [6.07, 6.45) is 11.4. The van der Waals surface area contributed by atoms with Gasteiger partial charge in [0.2, 0.25) is 6.29 Å². The maximum atomic E-state index is 12.4. The first kappa shape index (κ1) is 38.0. The average Bonchev–Trinajstić information content (AvgIpc) is 2.84. The van der Waals surface area contributed by atoms with Gasteiger partial charge in [-0.15, -0.1) is 0 Å². The van der Waals surface area contributed by atoms with Gasteiger partial charge in [-0.2, -0.15) is 0 Å². The van der Waals surface area contributed by atoms with Crippen molar-refractivity contribution in [3.8, 4) is 0 Å². The van der Waals surface area contributed by atoms with Crippen LogP contribution in [0.2, 0.25) is 0 Å². The van der Waals surface area contributed by atoms with E-state index < -0.39 is 38.8 Å². The Hall–Kier alpha value is -1.03. The lowest BCUT2D eigenvalue weighted by Crippen LogP contribution is -2.38. The molecule has 1 unspecified atom stereocenters. The third kappa shape index (κ3) is 24.5. The van der Waals surface area contributed by atoms with Gasteiger partial charge in [0.15, 0.2) is 6.10 Å². The van der Waals surface area contributed by atoms with Crippen LogP contribution in [0, 0.1) is 0 Å². The van der Waals surface area contributed by atoms with E-state index >= 15 is 0 Å². The molecule has 0 fully saturated rings. The van der Waals surface area contributed by atoms with Crippen molar-refractivity contribution in [3.63, 3.8) is 0 Å². The molecule has 0 aromatic carbocycles. The average molecular weight is 583 g/mol. The van der Waals surface area contributed by atoms with E-state index in [2.05, 4.69) is 13.8 Å². The van der Waals surface area contributed by atoms with Crippen molar-refractivity contribution in [2.24, 2.45) is 0 Å². The van der Waals surface area contributed by atoms with Crippen LogP contribution in [-0.4, -0.2) is 79.7 Å². The molecule has 0 saturated carbocycles. The summed E-state index contributed by atoms with van der Waals surface area (Å²) in [4.78, 5) is 34.6. The highest BCUT2D eigenvalue weighted by atomic mass is 31.2. The maximum Gasteiger partial charge on any atom is 0.474 e. The Morgan fingerprint density at radius 2 is 1.23 bits per heavy atom. The Morgan fingerprint density at radius 3 is 1.72 bits per heavy atom. The summed E-state index contributed by atoms with van der Waals surface area (Å²) < 4.78 is 33.1. The molecule has 3 atom stereocenters. The Bertz CT molecular complexity index is 684. The van der Waals surface area contributed by atoms with Crippen LogP contribution in [0.1, 0.15) is 117 Å². The first-order valence-corrected chi connectivity index (χ1v) is 16.4. The fourth-order valence-electron chi connectivity index (χ4n) is 3.77. The highest BCUT2D eigenvalue weighted by Crippen LogP contribution is 2.44. The number of likely N-dealkylation sites (N-methyl/N-ethyl adjacent to an activating group) is 1. The highest BCUT2D eigenvalue weighted by molar-refractivity contribution is 7.47. The van der Waals surface area contributed by atoms with Gasteiger partial charge >= 0.3 is 19.8 Å². The SMILES string of the molecule is CCCCCCCCCC(=O)OC[C@@H](OC(=O)CCCCCCCCC)[C@H](O)OP(=O)(O)OCC[N+](C)(C)C. The van der Waals surface area contributed by atoms with Crippen LogP contribution < -0.4 is 0 Å². The standard InChI is InChI=1S/C28H56NO9P/c1-6-8-10-12-14-16-18-20-26(30)35-24-25(37-27(31)21-19-17-15-13-11-9-7-2)28(32)38-39(33,34)36-23-22-29(3,4)5/h25,28,32H,6-24H2,1-5H3/p+1/t25-,28-/m1/s1. The number of quaternary nitrogens is 1. The molecule has 0 aromatic heterocycles. The molecule has 232 valence electrons. The third-order valence-electron chi connectivity index (χ3n) is 6.24. The van der Waals surface area contributed by atoms with Crippen molar-refractivity contribution in [2.45, 2.75) is 129 Å². The predicted octanol–water partition coefficient (Wildman–Crippen LogP) is 5.88. The van der Waals surface area contributed by atoms with Gasteiger partial charge in [0.25, 0.3) is 0 Å².